The molecular formula is C18H20N2O3. The van der Waals surface area contributed by atoms with Gasteiger partial charge in [-0.2, -0.15) is 0 Å². The molecule has 3 rings (SSSR count). The van der Waals surface area contributed by atoms with Crippen LogP contribution < -0.4 is 10.8 Å². The standard InChI is InChI=1S/C18H20N2O3/c21-17(19-16-4-2-1-3-5-16)13-8-6-12-7-9-14(18(22)20-23)11-15(12)10-13/h6-11,16,23H,1-5H2,(H,19,21)(H,20,22). The third kappa shape index (κ3) is 3.51. The summed E-state index contributed by atoms with van der Waals surface area (Å²) in [5.74, 6) is -0.639. The quantitative estimate of drug-likeness (QED) is 0.602. The van der Waals surface area contributed by atoms with Crippen molar-refractivity contribution in [1.82, 2.24) is 10.8 Å². The van der Waals surface area contributed by atoms with E-state index in [0.717, 1.165) is 23.6 Å². The summed E-state index contributed by atoms with van der Waals surface area (Å²) in [5, 5.41) is 13.5. The van der Waals surface area contributed by atoms with Crippen molar-refractivity contribution in [3.05, 3.63) is 47.5 Å². The van der Waals surface area contributed by atoms with Crippen LogP contribution in [0, 0.1) is 0 Å². The molecule has 0 bridgehead atoms. The minimum absolute atomic E-state index is 0.0733. The van der Waals surface area contributed by atoms with E-state index in [4.69, 9.17) is 5.21 Å². The third-order valence-electron chi connectivity index (χ3n) is 4.41. The summed E-state index contributed by atoms with van der Waals surface area (Å²) in [6.07, 6.45) is 5.67. The number of carbonyl (C=O) groups is 2. The van der Waals surface area contributed by atoms with E-state index in [-0.39, 0.29) is 11.9 Å². The van der Waals surface area contributed by atoms with Crippen LogP contribution in [0.4, 0.5) is 0 Å². The molecule has 1 fully saturated rings. The van der Waals surface area contributed by atoms with Crippen LogP contribution in [-0.4, -0.2) is 23.1 Å². The molecule has 0 unspecified atom stereocenters. The van der Waals surface area contributed by atoms with Gasteiger partial charge < -0.3 is 5.32 Å². The molecule has 0 radical (unpaired) electrons. The lowest BCUT2D eigenvalue weighted by Crippen LogP contribution is -2.36. The zero-order valence-electron chi connectivity index (χ0n) is 12.8. The summed E-state index contributed by atoms with van der Waals surface area (Å²) < 4.78 is 0. The largest absolute Gasteiger partial charge is 0.349 e. The molecule has 5 heteroatoms. The minimum atomic E-state index is -0.566. The second kappa shape index (κ2) is 6.79. The van der Waals surface area contributed by atoms with Crippen LogP contribution in [0.3, 0.4) is 0 Å². The fourth-order valence-corrected chi connectivity index (χ4v) is 3.11. The smallest absolute Gasteiger partial charge is 0.274 e. The lowest BCUT2D eigenvalue weighted by molar-refractivity contribution is 0.0706. The van der Waals surface area contributed by atoms with Crippen LogP contribution in [-0.2, 0) is 0 Å². The molecule has 1 aliphatic rings. The Kier molecular flexibility index (Phi) is 4.57. The molecule has 3 N–H and O–H groups in total. The molecule has 0 aliphatic heterocycles. The second-order valence-corrected chi connectivity index (χ2v) is 6.03. The van der Waals surface area contributed by atoms with Crippen molar-refractivity contribution in [3.8, 4) is 0 Å². The number of carbonyl (C=O) groups excluding carboxylic acids is 2. The number of fused-ring (bicyclic) bond motifs is 1. The summed E-state index contributed by atoms with van der Waals surface area (Å²) in [7, 11) is 0. The highest BCUT2D eigenvalue weighted by Gasteiger charge is 2.17. The van der Waals surface area contributed by atoms with Gasteiger partial charge in [-0.15, -0.1) is 0 Å². The van der Waals surface area contributed by atoms with Crippen LogP contribution >= 0.6 is 0 Å². The molecule has 23 heavy (non-hydrogen) atoms. The van der Waals surface area contributed by atoms with Crippen molar-refractivity contribution in [2.24, 2.45) is 0 Å². The van der Waals surface area contributed by atoms with E-state index in [2.05, 4.69) is 5.32 Å². The zero-order valence-corrected chi connectivity index (χ0v) is 12.8. The number of rotatable bonds is 3. The molecule has 0 spiro atoms. The first-order valence-electron chi connectivity index (χ1n) is 7.96. The predicted molar refractivity (Wildman–Crippen MR) is 87.5 cm³/mol. The van der Waals surface area contributed by atoms with E-state index in [9.17, 15) is 9.59 Å². The van der Waals surface area contributed by atoms with Crippen LogP contribution in [0.25, 0.3) is 10.8 Å². The van der Waals surface area contributed by atoms with Gasteiger partial charge in [0.25, 0.3) is 11.8 Å². The van der Waals surface area contributed by atoms with Gasteiger partial charge in [-0.1, -0.05) is 31.4 Å². The van der Waals surface area contributed by atoms with Gasteiger partial charge in [0.15, 0.2) is 0 Å². The molecule has 5 nitrogen and oxygen atoms in total. The molecular weight excluding hydrogens is 292 g/mol. The topological polar surface area (TPSA) is 78.4 Å². The Morgan fingerprint density at radius 3 is 2.09 bits per heavy atom. The number of nitrogens with one attached hydrogen (secondary N) is 2. The van der Waals surface area contributed by atoms with E-state index in [1.54, 1.807) is 35.8 Å². The first-order valence-corrected chi connectivity index (χ1v) is 7.96. The minimum Gasteiger partial charge on any atom is -0.349 e. The first-order chi connectivity index (χ1) is 11.2. The molecule has 2 amide bonds. The maximum Gasteiger partial charge on any atom is 0.274 e. The van der Waals surface area contributed by atoms with Gasteiger partial charge in [0.1, 0.15) is 0 Å². The number of hydroxylamine groups is 1. The van der Waals surface area contributed by atoms with Crippen molar-refractivity contribution < 1.29 is 14.8 Å². The van der Waals surface area contributed by atoms with E-state index in [0.29, 0.717) is 11.1 Å². The maximum atomic E-state index is 12.4. The average molecular weight is 312 g/mol. The summed E-state index contributed by atoms with van der Waals surface area (Å²) in [6.45, 7) is 0. The number of hydrogen-bond donors (Lipinski definition) is 3. The van der Waals surface area contributed by atoms with Crippen molar-refractivity contribution in [3.63, 3.8) is 0 Å². The van der Waals surface area contributed by atoms with Crippen LogP contribution in [0.2, 0.25) is 0 Å². The van der Waals surface area contributed by atoms with E-state index in [1.165, 1.54) is 19.3 Å². The van der Waals surface area contributed by atoms with Gasteiger partial charge >= 0.3 is 0 Å². The highest BCUT2D eigenvalue weighted by Crippen LogP contribution is 2.20. The molecule has 0 saturated heterocycles. The lowest BCUT2D eigenvalue weighted by Gasteiger charge is -2.22. The van der Waals surface area contributed by atoms with Gasteiger partial charge in [0.05, 0.1) is 0 Å². The molecule has 1 saturated carbocycles. The van der Waals surface area contributed by atoms with Crippen molar-refractivity contribution >= 4 is 22.6 Å². The number of amides is 2. The fourth-order valence-electron chi connectivity index (χ4n) is 3.11. The Morgan fingerprint density at radius 2 is 1.48 bits per heavy atom. The molecule has 0 heterocycles. The summed E-state index contributed by atoms with van der Waals surface area (Å²) >= 11 is 0. The average Bonchev–Trinajstić information content (AvgIpc) is 2.60. The van der Waals surface area contributed by atoms with Crippen LogP contribution in [0.5, 0.6) is 0 Å². The highest BCUT2D eigenvalue weighted by atomic mass is 16.5. The lowest BCUT2D eigenvalue weighted by atomic mass is 9.95. The summed E-state index contributed by atoms with van der Waals surface area (Å²) in [4.78, 5) is 23.9. The van der Waals surface area contributed by atoms with Gasteiger partial charge in [0.2, 0.25) is 0 Å². The Labute approximate surface area is 134 Å². The zero-order chi connectivity index (χ0) is 16.2. The molecule has 2 aromatic rings. The molecule has 0 aromatic heterocycles. The van der Waals surface area contributed by atoms with Crippen molar-refractivity contribution in [2.75, 3.05) is 0 Å². The Morgan fingerprint density at radius 1 is 0.870 bits per heavy atom. The first kappa shape index (κ1) is 15.5. The van der Waals surface area contributed by atoms with E-state index < -0.39 is 5.91 Å². The van der Waals surface area contributed by atoms with Gasteiger partial charge in [-0.05, 0) is 47.9 Å². The normalized spacial score (nSPS) is 15.3. The SMILES string of the molecule is O=C(NO)c1ccc2ccc(C(=O)NC3CCCCC3)cc2c1. The third-order valence-corrected chi connectivity index (χ3v) is 4.41. The van der Waals surface area contributed by atoms with Gasteiger partial charge in [0, 0.05) is 17.2 Å². The van der Waals surface area contributed by atoms with Gasteiger partial charge in [-0.3, -0.25) is 14.8 Å². The Bertz CT molecular complexity index is 736. The van der Waals surface area contributed by atoms with Crippen molar-refractivity contribution in [1.29, 1.82) is 0 Å². The monoisotopic (exact) mass is 312 g/mol. The van der Waals surface area contributed by atoms with Crippen molar-refractivity contribution in [2.45, 2.75) is 38.1 Å². The highest BCUT2D eigenvalue weighted by molar-refractivity contribution is 6.01. The van der Waals surface area contributed by atoms with Crippen LogP contribution in [0.15, 0.2) is 36.4 Å². The van der Waals surface area contributed by atoms with Crippen LogP contribution in [0.1, 0.15) is 52.8 Å². The predicted octanol–water partition coefficient (Wildman–Crippen LogP) is 3.02. The Balaban J connectivity index is 1.82. The summed E-state index contributed by atoms with van der Waals surface area (Å²) in [6, 6.07) is 10.8. The van der Waals surface area contributed by atoms with Gasteiger partial charge in [-0.25, -0.2) is 5.48 Å². The fraction of sp³-hybridized carbons (Fsp3) is 0.333. The number of benzene rings is 2. The number of hydrogen-bond acceptors (Lipinski definition) is 3. The Hall–Kier alpha value is -2.40. The molecule has 0 atom stereocenters. The van der Waals surface area contributed by atoms with E-state index in [1.807, 2.05) is 6.07 Å². The summed E-state index contributed by atoms with van der Waals surface area (Å²) in [5.41, 5.74) is 2.56. The maximum absolute atomic E-state index is 12.4. The molecule has 2 aromatic carbocycles. The molecule has 120 valence electrons. The van der Waals surface area contributed by atoms with E-state index >= 15 is 0 Å². The molecule has 1 aliphatic carbocycles. The second-order valence-electron chi connectivity index (χ2n) is 6.03.